The number of fused-ring (bicyclic) bond motifs is 1. The maximum absolute atomic E-state index is 11.4. The Bertz CT molecular complexity index is 793. The van der Waals surface area contributed by atoms with Gasteiger partial charge in [0, 0.05) is 18.3 Å². The number of aryl methyl sites for hydroxylation is 1. The highest BCUT2D eigenvalue weighted by Gasteiger charge is 2.17. The van der Waals surface area contributed by atoms with Crippen LogP contribution in [0.3, 0.4) is 0 Å². The Morgan fingerprint density at radius 2 is 2.05 bits per heavy atom. The SMILES string of the molecule is CCn1c(-c2ccccc2C(=O)O)nc2cccnc21. The standard InChI is InChI=1S/C15H13N3O2/c1-2-18-13(17-12-8-5-9-16-14(12)18)10-6-3-4-7-11(10)15(19)20/h3-9H,2H2,1H3,(H,19,20). The predicted octanol–water partition coefficient (Wildman–Crippen LogP) is 2.82. The number of benzene rings is 1. The minimum Gasteiger partial charge on any atom is -0.478 e. The van der Waals surface area contributed by atoms with Crippen LogP contribution in [0.1, 0.15) is 17.3 Å². The fourth-order valence-corrected chi connectivity index (χ4v) is 2.33. The summed E-state index contributed by atoms with van der Waals surface area (Å²) in [7, 11) is 0. The lowest BCUT2D eigenvalue weighted by molar-refractivity contribution is 0.0697. The third kappa shape index (κ3) is 1.84. The number of carboxylic acids is 1. The number of pyridine rings is 1. The van der Waals surface area contributed by atoms with Crippen LogP contribution < -0.4 is 0 Å². The number of rotatable bonds is 3. The van der Waals surface area contributed by atoms with Crippen molar-refractivity contribution in [1.29, 1.82) is 0 Å². The Labute approximate surface area is 115 Å². The van der Waals surface area contributed by atoms with Gasteiger partial charge in [-0.1, -0.05) is 18.2 Å². The van der Waals surface area contributed by atoms with Crippen molar-refractivity contribution in [2.45, 2.75) is 13.5 Å². The topological polar surface area (TPSA) is 68.0 Å². The minimum atomic E-state index is -0.955. The third-order valence-electron chi connectivity index (χ3n) is 3.22. The molecule has 2 aromatic heterocycles. The van der Waals surface area contributed by atoms with E-state index in [2.05, 4.69) is 9.97 Å². The Balaban J connectivity index is 2.32. The van der Waals surface area contributed by atoms with Gasteiger partial charge in [-0.3, -0.25) is 0 Å². The number of hydrogen-bond donors (Lipinski definition) is 1. The molecule has 0 unspecified atom stereocenters. The van der Waals surface area contributed by atoms with E-state index in [1.165, 1.54) is 0 Å². The van der Waals surface area contributed by atoms with E-state index in [0.717, 1.165) is 11.2 Å². The van der Waals surface area contributed by atoms with Crippen molar-refractivity contribution in [2.24, 2.45) is 0 Å². The molecule has 0 aliphatic carbocycles. The molecular weight excluding hydrogens is 254 g/mol. The molecule has 0 amide bonds. The lowest BCUT2D eigenvalue weighted by atomic mass is 10.1. The molecule has 0 atom stereocenters. The number of hydrogen-bond acceptors (Lipinski definition) is 3. The minimum absolute atomic E-state index is 0.248. The highest BCUT2D eigenvalue weighted by atomic mass is 16.4. The molecule has 0 spiro atoms. The maximum atomic E-state index is 11.4. The van der Waals surface area contributed by atoms with E-state index in [1.54, 1.807) is 24.4 Å². The first kappa shape index (κ1) is 12.3. The summed E-state index contributed by atoms with van der Waals surface area (Å²) in [5, 5.41) is 9.31. The molecule has 0 fully saturated rings. The molecule has 100 valence electrons. The summed E-state index contributed by atoms with van der Waals surface area (Å²) in [6.07, 6.45) is 1.71. The second-order valence-corrected chi connectivity index (χ2v) is 4.38. The molecule has 5 nitrogen and oxygen atoms in total. The second kappa shape index (κ2) is 4.77. The molecule has 0 saturated heterocycles. The zero-order valence-electron chi connectivity index (χ0n) is 10.9. The molecule has 0 radical (unpaired) electrons. The summed E-state index contributed by atoms with van der Waals surface area (Å²) in [6, 6.07) is 10.6. The van der Waals surface area contributed by atoms with E-state index in [0.29, 0.717) is 17.9 Å². The molecule has 1 N–H and O–H groups in total. The number of imidazole rings is 1. The molecular formula is C15H13N3O2. The summed E-state index contributed by atoms with van der Waals surface area (Å²) < 4.78 is 1.93. The van der Waals surface area contributed by atoms with Crippen LogP contribution in [-0.2, 0) is 6.54 Å². The first-order valence-electron chi connectivity index (χ1n) is 6.36. The van der Waals surface area contributed by atoms with Gasteiger partial charge in [0.05, 0.1) is 5.56 Å². The molecule has 5 heteroatoms. The Morgan fingerprint density at radius 1 is 1.25 bits per heavy atom. The summed E-state index contributed by atoms with van der Waals surface area (Å²) in [5.74, 6) is -0.317. The predicted molar refractivity (Wildman–Crippen MR) is 75.6 cm³/mol. The van der Waals surface area contributed by atoms with Gasteiger partial charge in [0.1, 0.15) is 11.3 Å². The molecule has 0 aliphatic heterocycles. The van der Waals surface area contributed by atoms with E-state index in [9.17, 15) is 9.90 Å². The van der Waals surface area contributed by atoms with Crippen LogP contribution in [0.4, 0.5) is 0 Å². The molecule has 0 saturated carbocycles. The Hall–Kier alpha value is -2.69. The van der Waals surface area contributed by atoms with Crippen molar-refractivity contribution < 1.29 is 9.90 Å². The number of aromatic carboxylic acids is 1. The molecule has 0 aliphatic rings. The normalized spacial score (nSPS) is 10.8. The van der Waals surface area contributed by atoms with Gasteiger partial charge in [-0.25, -0.2) is 14.8 Å². The first-order chi connectivity index (χ1) is 9.72. The van der Waals surface area contributed by atoms with Gasteiger partial charge < -0.3 is 9.67 Å². The monoisotopic (exact) mass is 267 g/mol. The fraction of sp³-hybridized carbons (Fsp3) is 0.133. The smallest absolute Gasteiger partial charge is 0.336 e. The van der Waals surface area contributed by atoms with Gasteiger partial charge >= 0.3 is 5.97 Å². The van der Waals surface area contributed by atoms with Crippen molar-refractivity contribution in [3.05, 3.63) is 48.2 Å². The van der Waals surface area contributed by atoms with Crippen LogP contribution in [0.25, 0.3) is 22.6 Å². The van der Waals surface area contributed by atoms with Crippen molar-refractivity contribution >= 4 is 17.1 Å². The van der Waals surface area contributed by atoms with Crippen LogP contribution in [-0.4, -0.2) is 25.6 Å². The lowest BCUT2D eigenvalue weighted by Gasteiger charge is -2.08. The number of aromatic nitrogens is 3. The van der Waals surface area contributed by atoms with E-state index in [-0.39, 0.29) is 5.56 Å². The molecule has 3 aromatic rings. The third-order valence-corrected chi connectivity index (χ3v) is 3.22. The second-order valence-electron chi connectivity index (χ2n) is 4.38. The van der Waals surface area contributed by atoms with Crippen LogP contribution in [0, 0.1) is 0 Å². The average Bonchev–Trinajstić information content (AvgIpc) is 2.85. The summed E-state index contributed by atoms with van der Waals surface area (Å²) >= 11 is 0. The fourth-order valence-electron chi connectivity index (χ4n) is 2.33. The van der Waals surface area contributed by atoms with Gasteiger partial charge in [-0.2, -0.15) is 0 Å². The maximum Gasteiger partial charge on any atom is 0.336 e. The van der Waals surface area contributed by atoms with E-state index >= 15 is 0 Å². The summed E-state index contributed by atoms with van der Waals surface area (Å²) in [5.41, 5.74) is 2.40. The molecule has 20 heavy (non-hydrogen) atoms. The van der Waals surface area contributed by atoms with Crippen molar-refractivity contribution in [2.75, 3.05) is 0 Å². The van der Waals surface area contributed by atoms with E-state index < -0.39 is 5.97 Å². The van der Waals surface area contributed by atoms with Crippen LogP contribution in [0.15, 0.2) is 42.6 Å². The molecule has 2 heterocycles. The van der Waals surface area contributed by atoms with Gasteiger partial charge in [0.25, 0.3) is 0 Å². The van der Waals surface area contributed by atoms with Crippen LogP contribution in [0.2, 0.25) is 0 Å². The molecule has 0 bridgehead atoms. The van der Waals surface area contributed by atoms with Gasteiger partial charge in [0.15, 0.2) is 5.65 Å². The van der Waals surface area contributed by atoms with Crippen LogP contribution in [0.5, 0.6) is 0 Å². The summed E-state index contributed by atoms with van der Waals surface area (Å²) in [4.78, 5) is 20.2. The van der Waals surface area contributed by atoms with Crippen molar-refractivity contribution in [1.82, 2.24) is 14.5 Å². The highest BCUT2D eigenvalue weighted by molar-refractivity contribution is 5.95. The number of carbonyl (C=O) groups is 1. The van der Waals surface area contributed by atoms with Crippen molar-refractivity contribution in [3.8, 4) is 11.4 Å². The average molecular weight is 267 g/mol. The number of nitrogens with zero attached hydrogens (tertiary/aromatic N) is 3. The van der Waals surface area contributed by atoms with Crippen LogP contribution >= 0.6 is 0 Å². The van der Waals surface area contributed by atoms with Gasteiger partial charge in [0.2, 0.25) is 0 Å². The van der Waals surface area contributed by atoms with Gasteiger partial charge in [-0.05, 0) is 25.1 Å². The van der Waals surface area contributed by atoms with Gasteiger partial charge in [-0.15, -0.1) is 0 Å². The highest BCUT2D eigenvalue weighted by Crippen LogP contribution is 2.26. The summed E-state index contributed by atoms with van der Waals surface area (Å²) in [6.45, 7) is 2.67. The zero-order chi connectivity index (χ0) is 14.1. The van der Waals surface area contributed by atoms with E-state index in [4.69, 9.17) is 0 Å². The quantitative estimate of drug-likeness (QED) is 0.792. The molecule has 1 aromatic carbocycles. The molecule has 3 rings (SSSR count). The lowest BCUT2D eigenvalue weighted by Crippen LogP contribution is -2.04. The number of carboxylic acid groups (broad SMARTS) is 1. The van der Waals surface area contributed by atoms with E-state index in [1.807, 2.05) is 29.7 Å². The largest absolute Gasteiger partial charge is 0.478 e. The van der Waals surface area contributed by atoms with Crippen molar-refractivity contribution in [3.63, 3.8) is 0 Å². The zero-order valence-corrected chi connectivity index (χ0v) is 10.9. The Kier molecular flexibility index (Phi) is 2.95. The Morgan fingerprint density at radius 3 is 2.80 bits per heavy atom. The first-order valence-corrected chi connectivity index (χ1v) is 6.36.